The van der Waals surface area contributed by atoms with Crippen LogP contribution in [-0.2, 0) is 25.4 Å². The third kappa shape index (κ3) is 3.62. The van der Waals surface area contributed by atoms with Gasteiger partial charge in [0, 0.05) is 56.7 Å². The maximum absolute atomic E-state index is 9.98. The molecule has 2 aromatic heterocycles. The maximum Gasteiger partial charge on any atom is 0.0999 e. The summed E-state index contributed by atoms with van der Waals surface area (Å²) >= 11 is 0. The molecule has 2 aromatic rings. The molecular weight excluding hydrogens is 320 g/mol. The zero-order valence-corrected chi connectivity index (χ0v) is 15.4. The van der Waals surface area contributed by atoms with E-state index in [-0.39, 0.29) is 12.6 Å². The van der Waals surface area contributed by atoms with Gasteiger partial charge in [0.15, 0.2) is 0 Å². The summed E-state index contributed by atoms with van der Waals surface area (Å²) in [5.41, 5.74) is 2.65. The van der Waals surface area contributed by atoms with Gasteiger partial charge in [0.2, 0.25) is 0 Å². The van der Waals surface area contributed by atoms with E-state index in [1.54, 1.807) is 4.68 Å². The third-order valence-electron chi connectivity index (χ3n) is 5.09. The minimum absolute atomic E-state index is 0.0589. The van der Waals surface area contributed by atoms with Crippen molar-refractivity contribution in [2.45, 2.75) is 25.0 Å². The van der Waals surface area contributed by atoms with Gasteiger partial charge < -0.3 is 15.2 Å². The van der Waals surface area contributed by atoms with E-state index in [2.05, 4.69) is 34.4 Å². The smallest absolute Gasteiger partial charge is 0.0999 e. The number of nitrogens with zero attached hydrogens (tertiary/aromatic N) is 5. The molecule has 1 aliphatic heterocycles. The molecule has 3 rings (SSSR count). The van der Waals surface area contributed by atoms with Crippen molar-refractivity contribution in [3.05, 3.63) is 24.2 Å². The summed E-state index contributed by atoms with van der Waals surface area (Å²) in [5, 5.41) is 22.3. The molecule has 2 atom stereocenters. The number of hydrogen-bond acceptors (Lipinski definition) is 6. The van der Waals surface area contributed by atoms with Gasteiger partial charge in [-0.25, -0.2) is 0 Å². The fraction of sp³-hybridized carbons (Fsp3) is 0.647. The lowest BCUT2D eigenvalue weighted by Crippen LogP contribution is -2.65. The quantitative estimate of drug-likeness (QED) is 0.764. The summed E-state index contributed by atoms with van der Waals surface area (Å²) in [5.74, 6) is 0. The SMILES string of the molecule is C[C@@H]1COC[C@@](CO)(CNCc2cn(C)nc2-c2cnn(C)c2)N1C. The van der Waals surface area contributed by atoms with Crippen molar-refractivity contribution in [1.82, 2.24) is 29.8 Å². The lowest BCUT2D eigenvalue weighted by atomic mass is 9.96. The Kier molecular flexibility index (Phi) is 5.24. The Morgan fingerprint density at radius 3 is 2.80 bits per heavy atom. The van der Waals surface area contributed by atoms with Gasteiger partial charge in [0.05, 0.1) is 37.3 Å². The second-order valence-corrected chi connectivity index (χ2v) is 7.04. The number of nitrogens with one attached hydrogen (secondary N) is 1. The van der Waals surface area contributed by atoms with E-state index < -0.39 is 5.54 Å². The summed E-state index contributed by atoms with van der Waals surface area (Å²) in [6.07, 6.45) is 5.81. The van der Waals surface area contributed by atoms with Crippen LogP contribution in [0.25, 0.3) is 11.3 Å². The van der Waals surface area contributed by atoms with Crippen LogP contribution in [0.4, 0.5) is 0 Å². The molecule has 3 heterocycles. The molecule has 2 N–H and O–H groups in total. The van der Waals surface area contributed by atoms with Crippen LogP contribution in [0.1, 0.15) is 12.5 Å². The van der Waals surface area contributed by atoms with Crippen LogP contribution < -0.4 is 5.32 Å². The predicted molar refractivity (Wildman–Crippen MR) is 95.0 cm³/mol. The van der Waals surface area contributed by atoms with E-state index in [4.69, 9.17) is 4.74 Å². The van der Waals surface area contributed by atoms with E-state index in [0.29, 0.717) is 26.3 Å². The summed E-state index contributed by atoms with van der Waals surface area (Å²) in [4.78, 5) is 2.22. The van der Waals surface area contributed by atoms with Gasteiger partial charge in [0.25, 0.3) is 0 Å². The maximum atomic E-state index is 9.98. The third-order valence-corrected chi connectivity index (χ3v) is 5.09. The number of morpholine rings is 1. The van der Waals surface area contributed by atoms with E-state index >= 15 is 0 Å². The zero-order valence-electron chi connectivity index (χ0n) is 15.4. The predicted octanol–water partition coefficient (Wildman–Crippen LogP) is -0.00820. The van der Waals surface area contributed by atoms with Gasteiger partial charge in [-0.1, -0.05) is 0 Å². The van der Waals surface area contributed by atoms with Gasteiger partial charge in [-0.2, -0.15) is 10.2 Å². The Labute approximate surface area is 148 Å². The van der Waals surface area contributed by atoms with Crippen molar-refractivity contribution in [1.29, 1.82) is 0 Å². The zero-order chi connectivity index (χ0) is 18.0. The average Bonchev–Trinajstić information content (AvgIpc) is 3.17. The van der Waals surface area contributed by atoms with Crippen LogP contribution >= 0.6 is 0 Å². The number of aliphatic hydroxyl groups is 1. The number of rotatable bonds is 6. The first-order chi connectivity index (χ1) is 11.9. The molecule has 0 bridgehead atoms. The number of hydrogen-bond donors (Lipinski definition) is 2. The highest BCUT2D eigenvalue weighted by Crippen LogP contribution is 2.23. The lowest BCUT2D eigenvalue weighted by molar-refractivity contribution is -0.106. The molecule has 8 heteroatoms. The summed E-state index contributed by atoms with van der Waals surface area (Å²) in [7, 11) is 5.87. The average molecular weight is 348 g/mol. The highest BCUT2D eigenvalue weighted by atomic mass is 16.5. The number of aryl methyl sites for hydroxylation is 2. The van der Waals surface area contributed by atoms with Crippen LogP contribution in [0.2, 0.25) is 0 Å². The standard InChI is InChI=1S/C17H28N6O2/c1-13-9-25-12-17(11-24,23(13)4)10-18-5-14-8-22(3)20-16(14)15-6-19-21(2)7-15/h6-8,13,18,24H,5,9-12H2,1-4H3/t13-,17+/m1/s1. The van der Waals surface area contributed by atoms with Gasteiger partial charge in [-0.05, 0) is 14.0 Å². The van der Waals surface area contributed by atoms with E-state index in [0.717, 1.165) is 16.8 Å². The molecule has 0 amide bonds. The second-order valence-electron chi connectivity index (χ2n) is 7.04. The fourth-order valence-electron chi connectivity index (χ4n) is 3.37. The number of ether oxygens (including phenoxy) is 1. The molecule has 0 unspecified atom stereocenters. The van der Waals surface area contributed by atoms with E-state index in [9.17, 15) is 5.11 Å². The van der Waals surface area contributed by atoms with Gasteiger partial charge in [0.1, 0.15) is 0 Å². The van der Waals surface area contributed by atoms with Crippen LogP contribution in [0.3, 0.4) is 0 Å². The Morgan fingerprint density at radius 1 is 1.32 bits per heavy atom. The highest BCUT2D eigenvalue weighted by Gasteiger charge is 2.40. The molecule has 1 aliphatic rings. The monoisotopic (exact) mass is 348 g/mol. The molecule has 0 radical (unpaired) electrons. The topological polar surface area (TPSA) is 80.4 Å². The first-order valence-corrected chi connectivity index (χ1v) is 8.59. The van der Waals surface area contributed by atoms with Crippen molar-refractivity contribution < 1.29 is 9.84 Å². The molecule has 0 aliphatic carbocycles. The van der Waals surface area contributed by atoms with Crippen molar-refractivity contribution in [2.24, 2.45) is 14.1 Å². The normalized spacial score (nSPS) is 24.8. The molecule has 1 saturated heterocycles. The molecule has 0 aromatic carbocycles. The lowest BCUT2D eigenvalue weighted by Gasteiger charge is -2.47. The largest absolute Gasteiger partial charge is 0.394 e. The Morgan fingerprint density at radius 2 is 2.12 bits per heavy atom. The summed E-state index contributed by atoms with van der Waals surface area (Å²) < 4.78 is 9.29. The fourth-order valence-corrected chi connectivity index (χ4v) is 3.37. The molecule has 8 nitrogen and oxygen atoms in total. The number of likely N-dealkylation sites (N-methyl/N-ethyl adjacent to an activating group) is 1. The van der Waals surface area contributed by atoms with Crippen LogP contribution in [0.5, 0.6) is 0 Å². The van der Waals surface area contributed by atoms with Crippen molar-refractivity contribution in [2.75, 3.05) is 33.4 Å². The second kappa shape index (κ2) is 7.25. The van der Waals surface area contributed by atoms with Gasteiger partial charge >= 0.3 is 0 Å². The van der Waals surface area contributed by atoms with E-state index in [1.807, 2.05) is 37.4 Å². The Balaban J connectivity index is 1.70. The van der Waals surface area contributed by atoms with Crippen LogP contribution in [0.15, 0.2) is 18.6 Å². The molecule has 25 heavy (non-hydrogen) atoms. The Hall–Kier alpha value is -1.74. The summed E-state index contributed by atoms with van der Waals surface area (Å²) in [6.45, 7) is 4.72. The number of aliphatic hydroxyl groups excluding tert-OH is 1. The van der Waals surface area contributed by atoms with Gasteiger partial charge in [-0.15, -0.1) is 0 Å². The molecule has 138 valence electrons. The first-order valence-electron chi connectivity index (χ1n) is 8.59. The number of aromatic nitrogens is 4. The van der Waals surface area contributed by atoms with Crippen molar-refractivity contribution in [3.63, 3.8) is 0 Å². The molecule has 0 spiro atoms. The molecule has 1 fully saturated rings. The molecular formula is C17H28N6O2. The van der Waals surface area contributed by atoms with Crippen molar-refractivity contribution >= 4 is 0 Å². The Bertz CT molecular complexity index is 712. The van der Waals surface area contributed by atoms with Crippen LogP contribution in [-0.4, -0.2) is 74.6 Å². The minimum atomic E-state index is -0.395. The first kappa shape index (κ1) is 18.1. The highest BCUT2D eigenvalue weighted by molar-refractivity contribution is 5.60. The van der Waals surface area contributed by atoms with Crippen LogP contribution in [0, 0.1) is 0 Å². The van der Waals surface area contributed by atoms with E-state index in [1.165, 1.54) is 0 Å². The minimum Gasteiger partial charge on any atom is -0.394 e. The van der Waals surface area contributed by atoms with Gasteiger partial charge in [-0.3, -0.25) is 14.3 Å². The summed E-state index contributed by atoms with van der Waals surface area (Å²) in [6, 6.07) is 0.284. The molecule has 0 saturated carbocycles. The van der Waals surface area contributed by atoms with Crippen molar-refractivity contribution in [3.8, 4) is 11.3 Å².